The maximum absolute atomic E-state index is 5.79. The van der Waals surface area contributed by atoms with Gasteiger partial charge in [-0.1, -0.05) is 30.4 Å². The molecule has 1 aliphatic heterocycles. The van der Waals surface area contributed by atoms with Crippen molar-refractivity contribution in [1.82, 2.24) is 0 Å². The molecule has 1 N–H and O–H groups in total. The molecule has 0 aliphatic carbocycles. The molecule has 1 atom stereocenters. The summed E-state index contributed by atoms with van der Waals surface area (Å²) in [5.74, 6) is 0. The first-order valence-electron chi connectivity index (χ1n) is 5.94. The summed E-state index contributed by atoms with van der Waals surface area (Å²) in [4.78, 5) is 0. The standard InChI is InChI=1S/C14H19NO/c1-2-3-10-16-13-9-8-12-6-4-5-7-14(12)15-11-13/h2-7,13,15H,8-11H2,1H3/b3-2+. The first kappa shape index (κ1) is 11.2. The third-order valence-corrected chi connectivity index (χ3v) is 2.94. The fourth-order valence-corrected chi connectivity index (χ4v) is 1.98. The van der Waals surface area contributed by atoms with Gasteiger partial charge in [0.15, 0.2) is 0 Å². The van der Waals surface area contributed by atoms with Crippen molar-refractivity contribution in [2.45, 2.75) is 25.9 Å². The molecular weight excluding hydrogens is 198 g/mol. The van der Waals surface area contributed by atoms with Crippen molar-refractivity contribution in [2.24, 2.45) is 0 Å². The predicted molar refractivity (Wildman–Crippen MR) is 67.8 cm³/mol. The van der Waals surface area contributed by atoms with Crippen LogP contribution in [0.2, 0.25) is 0 Å². The van der Waals surface area contributed by atoms with Gasteiger partial charge in [-0.2, -0.15) is 0 Å². The van der Waals surface area contributed by atoms with Crippen molar-refractivity contribution < 1.29 is 4.74 Å². The van der Waals surface area contributed by atoms with Gasteiger partial charge in [0, 0.05) is 12.2 Å². The molecule has 0 saturated heterocycles. The zero-order valence-electron chi connectivity index (χ0n) is 9.78. The minimum Gasteiger partial charge on any atom is -0.382 e. The summed E-state index contributed by atoms with van der Waals surface area (Å²) >= 11 is 0. The predicted octanol–water partition coefficient (Wildman–Crippen LogP) is 3.01. The zero-order chi connectivity index (χ0) is 11.2. The molecule has 0 amide bonds. The smallest absolute Gasteiger partial charge is 0.0754 e. The van der Waals surface area contributed by atoms with Gasteiger partial charge in [-0.15, -0.1) is 0 Å². The Bertz CT molecular complexity index is 333. The number of rotatable bonds is 3. The first-order valence-corrected chi connectivity index (χ1v) is 5.94. The summed E-state index contributed by atoms with van der Waals surface area (Å²) in [7, 11) is 0. The number of aryl methyl sites for hydroxylation is 1. The second-order valence-electron chi connectivity index (χ2n) is 4.10. The van der Waals surface area contributed by atoms with Crippen LogP contribution in [0.25, 0.3) is 0 Å². The van der Waals surface area contributed by atoms with Gasteiger partial charge in [0.25, 0.3) is 0 Å². The lowest BCUT2D eigenvalue weighted by Gasteiger charge is -2.14. The van der Waals surface area contributed by atoms with Crippen molar-refractivity contribution in [1.29, 1.82) is 0 Å². The molecule has 0 saturated carbocycles. The quantitative estimate of drug-likeness (QED) is 0.786. The lowest BCUT2D eigenvalue weighted by molar-refractivity contribution is 0.0787. The topological polar surface area (TPSA) is 21.3 Å². The first-order chi connectivity index (χ1) is 7.90. The Labute approximate surface area is 97.3 Å². The summed E-state index contributed by atoms with van der Waals surface area (Å²) in [6, 6.07) is 8.51. The molecule has 1 aromatic carbocycles. The van der Waals surface area contributed by atoms with Crippen LogP contribution >= 0.6 is 0 Å². The molecule has 86 valence electrons. The molecule has 0 fully saturated rings. The molecule has 0 radical (unpaired) electrons. The van der Waals surface area contributed by atoms with Crippen molar-refractivity contribution in [3.63, 3.8) is 0 Å². The van der Waals surface area contributed by atoms with Crippen LogP contribution in [0, 0.1) is 0 Å². The van der Waals surface area contributed by atoms with Gasteiger partial charge in [-0.25, -0.2) is 0 Å². The third kappa shape index (κ3) is 2.86. The number of hydrogen-bond donors (Lipinski definition) is 1. The van der Waals surface area contributed by atoms with Gasteiger partial charge in [-0.05, 0) is 31.4 Å². The van der Waals surface area contributed by atoms with Gasteiger partial charge in [0.1, 0.15) is 0 Å². The Balaban J connectivity index is 1.91. The highest BCUT2D eigenvalue weighted by Gasteiger charge is 2.14. The van der Waals surface area contributed by atoms with E-state index >= 15 is 0 Å². The Kier molecular flexibility index (Phi) is 4.00. The molecule has 2 nitrogen and oxygen atoms in total. The van der Waals surface area contributed by atoms with Crippen LogP contribution in [0.4, 0.5) is 5.69 Å². The average molecular weight is 217 g/mol. The van der Waals surface area contributed by atoms with E-state index in [1.807, 2.05) is 13.0 Å². The second kappa shape index (κ2) is 5.71. The molecule has 16 heavy (non-hydrogen) atoms. The number of ether oxygens (including phenoxy) is 1. The van der Waals surface area contributed by atoms with E-state index in [4.69, 9.17) is 4.74 Å². The molecule has 1 aromatic rings. The highest BCUT2D eigenvalue weighted by atomic mass is 16.5. The number of anilines is 1. The van der Waals surface area contributed by atoms with Crippen LogP contribution < -0.4 is 5.32 Å². The third-order valence-electron chi connectivity index (χ3n) is 2.94. The Morgan fingerprint density at radius 3 is 3.19 bits per heavy atom. The number of nitrogens with one attached hydrogen (secondary N) is 1. The Morgan fingerprint density at radius 1 is 1.44 bits per heavy atom. The molecule has 1 unspecified atom stereocenters. The monoisotopic (exact) mass is 217 g/mol. The summed E-state index contributed by atoms with van der Waals surface area (Å²) in [5, 5.41) is 3.45. The fourth-order valence-electron chi connectivity index (χ4n) is 1.98. The molecule has 0 bridgehead atoms. The molecule has 0 spiro atoms. The zero-order valence-corrected chi connectivity index (χ0v) is 9.78. The SMILES string of the molecule is C/C=C/COC1CCc2ccccc2NC1. The molecular formula is C14H19NO. The van der Waals surface area contributed by atoms with E-state index < -0.39 is 0 Å². The van der Waals surface area contributed by atoms with E-state index in [0.717, 1.165) is 26.0 Å². The largest absolute Gasteiger partial charge is 0.382 e. The lowest BCUT2D eigenvalue weighted by atomic mass is 10.1. The number of fused-ring (bicyclic) bond motifs is 1. The minimum absolute atomic E-state index is 0.323. The van der Waals surface area contributed by atoms with E-state index in [1.165, 1.54) is 11.3 Å². The van der Waals surface area contributed by atoms with Crippen LogP contribution in [0.5, 0.6) is 0 Å². The van der Waals surface area contributed by atoms with Crippen LogP contribution in [0.1, 0.15) is 18.9 Å². The van der Waals surface area contributed by atoms with Crippen LogP contribution in [-0.4, -0.2) is 19.3 Å². The van der Waals surface area contributed by atoms with E-state index in [0.29, 0.717) is 6.10 Å². The van der Waals surface area contributed by atoms with Gasteiger partial charge in [0.05, 0.1) is 12.7 Å². The number of allylic oxidation sites excluding steroid dienone is 1. The van der Waals surface area contributed by atoms with Crippen LogP contribution in [0.3, 0.4) is 0 Å². The maximum atomic E-state index is 5.79. The molecule has 0 aromatic heterocycles. The average Bonchev–Trinajstić information content (AvgIpc) is 2.53. The van der Waals surface area contributed by atoms with Gasteiger partial charge < -0.3 is 10.1 Å². The highest BCUT2D eigenvalue weighted by Crippen LogP contribution is 2.21. The van der Waals surface area contributed by atoms with Crippen LogP contribution in [0.15, 0.2) is 36.4 Å². The normalized spacial score (nSPS) is 20.2. The van der Waals surface area contributed by atoms with E-state index in [1.54, 1.807) is 0 Å². The molecule has 2 heteroatoms. The summed E-state index contributed by atoms with van der Waals surface area (Å²) in [5.41, 5.74) is 2.67. The lowest BCUT2D eigenvalue weighted by Crippen LogP contribution is -2.21. The summed E-state index contributed by atoms with van der Waals surface area (Å²) < 4.78 is 5.79. The van der Waals surface area contributed by atoms with Crippen molar-refractivity contribution in [3.05, 3.63) is 42.0 Å². The highest BCUT2D eigenvalue weighted by molar-refractivity contribution is 5.51. The van der Waals surface area contributed by atoms with E-state index in [9.17, 15) is 0 Å². The second-order valence-corrected chi connectivity index (χ2v) is 4.10. The number of para-hydroxylation sites is 1. The van der Waals surface area contributed by atoms with Crippen molar-refractivity contribution in [3.8, 4) is 0 Å². The van der Waals surface area contributed by atoms with Crippen LogP contribution in [-0.2, 0) is 11.2 Å². The van der Waals surface area contributed by atoms with E-state index in [-0.39, 0.29) is 0 Å². The van der Waals surface area contributed by atoms with Gasteiger partial charge in [0.2, 0.25) is 0 Å². The Morgan fingerprint density at radius 2 is 2.31 bits per heavy atom. The molecule has 1 heterocycles. The number of hydrogen-bond acceptors (Lipinski definition) is 2. The van der Waals surface area contributed by atoms with Gasteiger partial charge >= 0.3 is 0 Å². The Hall–Kier alpha value is -1.28. The summed E-state index contributed by atoms with van der Waals surface area (Å²) in [6.45, 7) is 3.65. The van der Waals surface area contributed by atoms with Crippen molar-refractivity contribution >= 4 is 5.69 Å². The van der Waals surface area contributed by atoms with E-state index in [2.05, 4.69) is 35.7 Å². The summed E-state index contributed by atoms with van der Waals surface area (Å²) in [6.07, 6.45) is 6.60. The van der Waals surface area contributed by atoms with Crippen molar-refractivity contribution in [2.75, 3.05) is 18.5 Å². The number of benzene rings is 1. The molecule has 2 rings (SSSR count). The minimum atomic E-state index is 0.323. The fraction of sp³-hybridized carbons (Fsp3) is 0.429. The van der Waals surface area contributed by atoms with Gasteiger partial charge in [-0.3, -0.25) is 0 Å². The molecule has 1 aliphatic rings. The maximum Gasteiger partial charge on any atom is 0.0754 e.